The lowest BCUT2D eigenvalue weighted by molar-refractivity contribution is 0.215. The Balaban J connectivity index is 1.91. The van der Waals surface area contributed by atoms with E-state index in [1.54, 1.807) is 0 Å². The number of hydrogen-bond donors (Lipinski definition) is 2. The van der Waals surface area contributed by atoms with Gasteiger partial charge in [0.05, 0.1) is 0 Å². The number of aromatic nitrogens is 2. The Morgan fingerprint density at radius 1 is 1.47 bits per heavy atom. The van der Waals surface area contributed by atoms with Crippen molar-refractivity contribution in [2.45, 2.75) is 38.5 Å². The highest BCUT2D eigenvalue weighted by atomic mass is 15.1. The van der Waals surface area contributed by atoms with E-state index in [0.717, 1.165) is 26.2 Å². The SMILES string of the molecule is CC(C)c1cnc(C2CCN(CCN)CC2)[nH]1. The molecular formula is C13H24N4. The van der Waals surface area contributed by atoms with Crippen molar-refractivity contribution in [2.75, 3.05) is 26.2 Å². The van der Waals surface area contributed by atoms with Crippen molar-refractivity contribution < 1.29 is 0 Å². The van der Waals surface area contributed by atoms with E-state index in [1.807, 2.05) is 6.20 Å². The molecule has 3 N–H and O–H groups in total. The van der Waals surface area contributed by atoms with Crippen LogP contribution >= 0.6 is 0 Å². The van der Waals surface area contributed by atoms with E-state index in [2.05, 4.69) is 28.7 Å². The summed E-state index contributed by atoms with van der Waals surface area (Å²) in [6.07, 6.45) is 4.39. The molecule has 2 rings (SSSR count). The second-order valence-corrected chi connectivity index (χ2v) is 5.28. The van der Waals surface area contributed by atoms with Crippen LogP contribution in [-0.2, 0) is 0 Å². The number of H-pyrrole nitrogens is 1. The Bertz CT molecular complexity index is 337. The van der Waals surface area contributed by atoms with Gasteiger partial charge in [0.2, 0.25) is 0 Å². The summed E-state index contributed by atoms with van der Waals surface area (Å²) in [6.45, 7) is 8.49. The number of imidazole rings is 1. The van der Waals surface area contributed by atoms with Gasteiger partial charge < -0.3 is 15.6 Å². The first-order valence-electron chi connectivity index (χ1n) is 6.68. The van der Waals surface area contributed by atoms with Crippen molar-refractivity contribution in [1.82, 2.24) is 14.9 Å². The maximum Gasteiger partial charge on any atom is 0.109 e. The summed E-state index contributed by atoms with van der Waals surface area (Å²) in [5.41, 5.74) is 6.84. The van der Waals surface area contributed by atoms with Gasteiger partial charge in [0.25, 0.3) is 0 Å². The number of piperidine rings is 1. The van der Waals surface area contributed by atoms with Crippen LogP contribution < -0.4 is 5.73 Å². The zero-order chi connectivity index (χ0) is 12.3. The molecule has 1 saturated heterocycles. The Morgan fingerprint density at radius 3 is 2.71 bits per heavy atom. The van der Waals surface area contributed by atoms with Crippen LogP contribution in [0, 0.1) is 0 Å². The molecule has 1 fully saturated rings. The van der Waals surface area contributed by atoms with Gasteiger partial charge in [0.15, 0.2) is 0 Å². The molecule has 0 aromatic carbocycles. The van der Waals surface area contributed by atoms with E-state index in [-0.39, 0.29) is 0 Å². The molecule has 0 unspecified atom stereocenters. The van der Waals surface area contributed by atoms with Crippen molar-refractivity contribution in [1.29, 1.82) is 0 Å². The molecule has 17 heavy (non-hydrogen) atoms. The Labute approximate surface area is 104 Å². The van der Waals surface area contributed by atoms with Crippen molar-refractivity contribution >= 4 is 0 Å². The minimum atomic E-state index is 0.536. The normalized spacial score (nSPS) is 19.1. The molecule has 1 aromatic rings. The largest absolute Gasteiger partial charge is 0.345 e. The molecule has 0 atom stereocenters. The third-order valence-corrected chi connectivity index (χ3v) is 3.66. The highest BCUT2D eigenvalue weighted by Crippen LogP contribution is 2.26. The third kappa shape index (κ3) is 3.07. The van der Waals surface area contributed by atoms with Crippen LogP contribution in [0.25, 0.3) is 0 Å². The number of aromatic amines is 1. The second-order valence-electron chi connectivity index (χ2n) is 5.28. The van der Waals surface area contributed by atoms with Crippen LogP contribution in [0.1, 0.15) is 50.0 Å². The Hall–Kier alpha value is -0.870. The van der Waals surface area contributed by atoms with E-state index in [1.165, 1.54) is 24.4 Å². The van der Waals surface area contributed by atoms with Gasteiger partial charge in [0.1, 0.15) is 5.82 Å². The molecule has 0 amide bonds. The van der Waals surface area contributed by atoms with Gasteiger partial charge in [-0.3, -0.25) is 0 Å². The smallest absolute Gasteiger partial charge is 0.109 e. The highest BCUT2D eigenvalue weighted by molar-refractivity contribution is 5.09. The number of nitrogens with zero attached hydrogens (tertiary/aromatic N) is 2. The molecule has 4 heteroatoms. The molecule has 0 spiro atoms. The summed E-state index contributed by atoms with van der Waals surface area (Å²) in [5, 5.41) is 0. The molecule has 4 nitrogen and oxygen atoms in total. The summed E-state index contributed by atoms with van der Waals surface area (Å²) in [4.78, 5) is 10.5. The van der Waals surface area contributed by atoms with E-state index < -0.39 is 0 Å². The first-order chi connectivity index (χ1) is 8.20. The highest BCUT2D eigenvalue weighted by Gasteiger charge is 2.22. The summed E-state index contributed by atoms with van der Waals surface area (Å²) < 4.78 is 0. The Morgan fingerprint density at radius 2 is 2.18 bits per heavy atom. The molecule has 0 bridgehead atoms. The van der Waals surface area contributed by atoms with Crippen molar-refractivity contribution in [2.24, 2.45) is 5.73 Å². The quantitative estimate of drug-likeness (QED) is 0.836. The lowest BCUT2D eigenvalue weighted by atomic mass is 9.96. The van der Waals surface area contributed by atoms with Crippen LogP contribution in [0.15, 0.2) is 6.20 Å². The van der Waals surface area contributed by atoms with Crippen LogP contribution in [0.4, 0.5) is 0 Å². The first kappa shape index (κ1) is 12.6. The third-order valence-electron chi connectivity index (χ3n) is 3.66. The number of nitrogens with one attached hydrogen (secondary N) is 1. The fourth-order valence-corrected chi connectivity index (χ4v) is 2.46. The monoisotopic (exact) mass is 236 g/mol. The minimum Gasteiger partial charge on any atom is -0.345 e. The molecule has 0 saturated carbocycles. The van der Waals surface area contributed by atoms with Gasteiger partial charge in [-0.1, -0.05) is 13.8 Å². The zero-order valence-electron chi connectivity index (χ0n) is 10.9. The minimum absolute atomic E-state index is 0.536. The Kier molecular flexibility index (Phi) is 4.18. The summed E-state index contributed by atoms with van der Waals surface area (Å²) in [5.74, 6) is 2.33. The first-order valence-corrected chi connectivity index (χ1v) is 6.68. The molecule has 2 heterocycles. The van der Waals surface area contributed by atoms with Crippen molar-refractivity contribution in [3.63, 3.8) is 0 Å². The summed E-state index contributed by atoms with van der Waals surface area (Å²) in [6, 6.07) is 0. The summed E-state index contributed by atoms with van der Waals surface area (Å²) >= 11 is 0. The topological polar surface area (TPSA) is 57.9 Å². The maximum absolute atomic E-state index is 5.58. The lowest BCUT2D eigenvalue weighted by Crippen LogP contribution is -2.36. The average Bonchev–Trinajstić information content (AvgIpc) is 2.80. The molecule has 0 aliphatic carbocycles. The lowest BCUT2D eigenvalue weighted by Gasteiger charge is -2.30. The maximum atomic E-state index is 5.58. The average molecular weight is 236 g/mol. The van der Waals surface area contributed by atoms with Gasteiger partial charge in [-0.2, -0.15) is 0 Å². The fraction of sp³-hybridized carbons (Fsp3) is 0.769. The number of nitrogens with two attached hydrogens (primary N) is 1. The van der Waals surface area contributed by atoms with E-state index in [4.69, 9.17) is 5.73 Å². The van der Waals surface area contributed by atoms with Crippen LogP contribution in [0.3, 0.4) is 0 Å². The van der Waals surface area contributed by atoms with Gasteiger partial charge in [0, 0.05) is 30.9 Å². The molecule has 1 aliphatic heterocycles. The number of likely N-dealkylation sites (tertiary alicyclic amines) is 1. The van der Waals surface area contributed by atoms with Crippen LogP contribution in [0.2, 0.25) is 0 Å². The van der Waals surface area contributed by atoms with Gasteiger partial charge in [-0.05, 0) is 31.8 Å². The van der Waals surface area contributed by atoms with Crippen LogP contribution in [-0.4, -0.2) is 41.0 Å². The number of rotatable bonds is 4. The zero-order valence-corrected chi connectivity index (χ0v) is 10.9. The van der Waals surface area contributed by atoms with Crippen molar-refractivity contribution in [3.8, 4) is 0 Å². The van der Waals surface area contributed by atoms with E-state index in [9.17, 15) is 0 Å². The summed E-state index contributed by atoms with van der Waals surface area (Å²) in [7, 11) is 0. The standard InChI is InChI=1S/C13H24N4/c1-10(2)12-9-15-13(16-12)11-3-6-17(7-4-11)8-5-14/h9-11H,3-8,14H2,1-2H3,(H,15,16). The van der Waals surface area contributed by atoms with E-state index in [0.29, 0.717) is 11.8 Å². The predicted octanol–water partition coefficient (Wildman–Crippen LogP) is 1.67. The van der Waals surface area contributed by atoms with Crippen LogP contribution in [0.5, 0.6) is 0 Å². The van der Waals surface area contributed by atoms with Gasteiger partial charge >= 0.3 is 0 Å². The molecule has 96 valence electrons. The van der Waals surface area contributed by atoms with E-state index >= 15 is 0 Å². The van der Waals surface area contributed by atoms with Gasteiger partial charge in [-0.25, -0.2) is 4.98 Å². The molecular weight excluding hydrogens is 212 g/mol. The molecule has 0 radical (unpaired) electrons. The molecule has 1 aliphatic rings. The van der Waals surface area contributed by atoms with Gasteiger partial charge in [-0.15, -0.1) is 0 Å². The van der Waals surface area contributed by atoms with Crippen molar-refractivity contribution in [3.05, 3.63) is 17.7 Å². The molecule has 1 aromatic heterocycles. The number of hydrogen-bond acceptors (Lipinski definition) is 3. The fourth-order valence-electron chi connectivity index (χ4n) is 2.46. The second kappa shape index (κ2) is 5.65. The predicted molar refractivity (Wildman–Crippen MR) is 70.1 cm³/mol.